The molecule has 0 saturated carbocycles. The highest BCUT2D eigenvalue weighted by atomic mass is 16.5. The zero-order valence-electron chi connectivity index (χ0n) is 20.8. The lowest BCUT2D eigenvalue weighted by molar-refractivity contribution is -0.137. The molecule has 3 aromatic carbocycles. The third kappa shape index (κ3) is 7.27. The van der Waals surface area contributed by atoms with Gasteiger partial charge in [0.25, 0.3) is 0 Å². The lowest BCUT2D eigenvalue weighted by Crippen LogP contribution is -2.32. The zero-order valence-corrected chi connectivity index (χ0v) is 20.8. The van der Waals surface area contributed by atoms with Gasteiger partial charge in [-0.3, -0.25) is 9.78 Å². The molecule has 0 aliphatic carbocycles. The molecule has 0 radical (unpaired) electrons. The topological polar surface area (TPSA) is 88.5 Å². The molecule has 1 heterocycles. The van der Waals surface area contributed by atoms with Crippen LogP contribution >= 0.6 is 0 Å². The fourth-order valence-electron chi connectivity index (χ4n) is 4.08. The Morgan fingerprint density at radius 1 is 0.892 bits per heavy atom. The summed E-state index contributed by atoms with van der Waals surface area (Å²) in [4.78, 5) is 29.6. The van der Waals surface area contributed by atoms with Gasteiger partial charge in [0.05, 0.1) is 6.61 Å². The number of hydrogen-bond donors (Lipinski definition) is 2. The Kier molecular flexibility index (Phi) is 8.66. The van der Waals surface area contributed by atoms with Crippen molar-refractivity contribution in [3.8, 4) is 5.75 Å². The SMILES string of the molecule is Cc1cccc(CCCOc2ccc(C[C@H](Nc3ccccc3C(=O)c3ccccc3)C(=O)O)cc2)n1. The number of ketones is 1. The average molecular weight is 495 g/mol. The van der Waals surface area contributed by atoms with Gasteiger partial charge in [-0.05, 0) is 61.7 Å². The maximum Gasteiger partial charge on any atom is 0.326 e. The Morgan fingerprint density at radius 2 is 1.62 bits per heavy atom. The van der Waals surface area contributed by atoms with Gasteiger partial charge in [-0.25, -0.2) is 4.79 Å². The van der Waals surface area contributed by atoms with Crippen LogP contribution < -0.4 is 10.1 Å². The van der Waals surface area contributed by atoms with Crippen LogP contribution in [0, 0.1) is 6.92 Å². The highest BCUT2D eigenvalue weighted by Gasteiger charge is 2.21. The van der Waals surface area contributed by atoms with E-state index in [1.807, 2.05) is 55.5 Å². The number of hydrogen-bond acceptors (Lipinski definition) is 5. The number of carboxylic acid groups (broad SMARTS) is 1. The molecular formula is C31H30N2O4. The van der Waals surface area contributed by atoms with E-state index in [4.69, 9.17) is 4.74 Å². The van der Waals surface area contributed by atoms with E-state index in [-0.39, 0.29) is 12.2 Å². The van der Waals surface area contributed by atoms with E-state index in [1.54, 1.807) is 48.5 Å². The molecule has 1 atom stereocenters. The Hall–Kier alpha value is -4.45. The summed E-state index contributed by atoms with van der Waals surface area (Å²) in [5, 5.41) is 12.9. The minimum absolute atomic E-state index is 0.160. The first-order valence-corrected chi connectivity index (χ1v) is 12.3. The van der Waals surface area contributed by atoms with Gasteiger partial charge in [-0.2, -0.15) is 0 Å². The molecule has 0 spiro atoms. The Bertz CT molecular complexity index is 1340. The first-order valence-electron chi connectivity index (χ1n) is 12.3. The van der Waals surface area contributed by atoms with Crippen molar-refractivity contribution in [2.75, 3.05) is 11.9 Å². The quantitative estimate of drug-likeness (QED) is 0.193. The fourth-order valence-corrected chi connectivity index (χ4v) is 4.08. The minimum atomic E-state index is -0.993. The van der Waals surface area contributed by atoms with Crippen molar-refractivity contribution in [2.24, 2.45) is 0 Å². The first kappa shape index (κ1) is 25.6. The lowest BCUT2D eigenvalue weighted by Gasteiger charge is -2.18. The van der Waals surface area contributed by atoms with Crippen LogP contribution in [-0.2, 0) is 17.6 Å². The molecule has 188 valence electrons. The number of rotatable bonds is 12. The molecule has 0 saturated heterocycles. The highest BCUT2D eigenvalue weighted by Crippen LogP contribution is 2.22. The third-order valence-electron chi connectivity index (χ3n) is 5.99. The van der Waals surface area contributed by atoms with Crippen LogP contribution in [0.1, 0.15) is 39.3 Å². The number of carbonyl (C=O) groups excluding carboxylic acids is 1. The largest absolute Gasteiger partial charge is 0.494 e. The number of nitrogens with one attached hydrogen (secondary N) is 1. The number of benzene rings is 3. The first-order chi connectivity index (χ1) is 18.0. The Labute approximate surface area is 217 Å². The van der Waals surface area contributed by atoms with E-state index in [2.05, 4.69) is 10.3 Å². The molecule has 6 nitrogen and oxygen atoms in total. The number of carbonyl (C=O) groups is 2. The van der Waals surface area contributed by atoms with Crippen molar-refractivity contribution in [3.05, 3.63) is 125 Å². The van der Waals surface area contributed by atoms with Crippen LogP contribution in [-0.4, -0.2) is 34.5 Å². The van der Waals surface area contributed by atoms with E-state index >= 15 is 0 Å². The van der Waals surface area contributed by atoms with Crippen LogP contribution in [0.5, 0.6) is 5.75 Å². The van der Waals surface area contributed by atoms with E-state index in [9.17, 15) is 14.7 Å². The van der Waals surface area contributed by atoms with Crippen molar-refractivity contribution >= 4 is 17.4 Å². The summed E-state index contributed by atoms with van der Waals surface area (Å²) in [7, 11) is 0. The molecule has 37 heavy (non-hydrogen) atoms. The van der Waals surface area contributed by atoms with Crippen molar-refractivity contribution in [2.45, 2.75) is 32.2 Å². The van der Waals surface area contributed by atoms with Crippen molar-refractivity contribution in [1.82, 2.24) is 4.98 Å². The van der Waals surface area contributed by atoms with E-state index in [1.165, 1.54) is 0 Å². The average Bonchev–Trinajstić information content (AvgIpc) is 2.92. The second-order valence-electron chi connectivity index (χ2n) is 8.85. The number of ether oxygens (including phenoxy) is 1. The number of nitrogens with zero attached hydrogens (tertiary/aromatic N) is 1. The molecule has 4 rings (SSSR count). The van der Waals surface area contributed by atoms with Gasteiger partial charge in [-0.1, -0.05) is 60.7 Å². The smallest absolute Gasteiger partial charge is 0.326 e. The summed E-state index contributed by atoms with van der Waals surface area (Å²) in [6.07, 6.45) is 1.95. The summed E-state index contributed by atoms with van der Waals surface area (Å²) < 4.78 is 5.85. The predicted octanol–water partition coefficient (Wildman–Crippen LogP) is 5.74. The van der Waals surface area contributed by atoms with Gasteiger partial charge in [0, 0.05) is 34.6 Å². The molecule has 0 aliphatic heterocycles. The van der Waals surface area contributed by atoms with Gasteiger partial charge < -0.3 is 15.2 Å². The molecule has 0 fully saturated rings. The molecule has 0 amide bonds. The second kappa shape index (κ2) is 12.5. The molecule has 0 bridgehead atoms. The van der Waals surface area contributed by atoms with Crippen LogP contribution in [0.15, 0.2) is 97.1 Å². The van der Waals surface area contributed by atoms with Crippen molar-refractivity contribution in [3.63, 3.8) is 0 Å². The maximum atomic E-state index is 13.0. The standard InChI is InChI=1S/C31H30N2O4/c1-22-9-7-12-25(32-22)13-8-20-37-26-18-16-23(17-19-26)21-29(31(35)36)33-28-15-6-5-14-27(28)30(34)24-10-3-2-4-11-24/h2-7,9-12,14-19,29,33H,8,13,20-21H2,1H3,(H,35,36)/t29-/m0/s1. The van der Waals surface area contributed by atoms with E-state index in [0.717, 1.165) is 35.5 Å². The lowest BCUT2D eigenvalue weighted by atomic mass is 10.00. The molecule has 0 unspecified atom stereocenters. The summed E-state index contributed by atoms with van der Waals surface area (Å²) >= 11 is 0. The summed E-state index contributed by atoms with van der Waals surface area (Å²) in [5.41, 5.74) is 4.39. The number of carboxylic acids is 1. The summed E-state index contributed by atoms with van der Waals surface area (Å²) in [6.45, 7) is 2.55. The van der Waals surface area contributed by atoms with Crippen LogP contribution in [0.25, 0.3) is 0 Å². The van der Waals surface area contributed by atoms with Gasteiger partial charge in [0.1, 0.15) is 11.8 Å². The van der Waals surface area contributed by atoms with Crippen LogP contribution in [0.4, 0.5) is 5.69 Å². The molecular weight excluding hydrogens is 464 g/mol. The normalized spacial score (nSPS) is 11.5. The third-order valence-corrected chi connectivity index (χ3v) is 5.99. The number of aromatic nitrogens is 1. The molecule has 1 aromatic heterocycles. The second-order valence-corrected chi connectivity index (χ2v) is 8.85. The molecule has 6 heteroatoms. The molecule has 4 aromatic rings. The van der Waals surface area contributed by atoms with Gasteiger partial charge >= 0.3 is 5.97 Å². The number of para-hydroxylation sites is 1. The van der Waals surface area contributed by atoms with Gasteiger partial charge in [0.15, 0.2) is 5.78 Å². The summed E-state index contributed by atoms with van der Waals surface area (Å²) in [6, 6.07) is 28.5. The minimum Gasteiger partial charge on any atom is -0.494 e. The number of anilines is 1. The van der Waals surface area contributed by atoms with E-state index in [0.29, 0.717) is 23.4 Å². The number of pyridine rings is 1. The fraction of sp³-hybridized carbons (Fsp3) is 0.194. The van der Waals surface area contributed by atoms with Crippen LogP contribution in [0.2, 0.25) is 0 Å². The predicted molar refractivity (Wildman–Crippen MR) is 144 cm³/mol. The number of aliphatic carboxylic acids is 1. The number of aryl methyl sites for hydroxylation is 2. The molecule has 0 aliphatic rings. The van der Waals surface area contributed by atoms with Gasteiger partial charge in [-0.15, -0.1) is 0 Å². The monoisotopic (exact) mass is 494 g/mol. The maximum absolute atomic E-state index is 13.0. The van der Waals surface area contributed by atoms with Gasteiger partial charge in [0.2, 0.25) is 0 Å². The highest BCUT2D eigenvalue weighted by molar-refractivity contribution is 6.12. The van der Waals surface area contributed by atoms with E-state index < -0.39 is 12.0 Å². The Balaban J connectivity index is 1.35. The molecule has 2 N–H and O–H groups in total. The van der Waals surface area contributed by atoms with Crippen molar-refractivity contribution < 1.29 is 19.4 Å². The van der Waals surface area contributed by atoms with Crippen LogP contribution in [0.3, 0.4) is 0 Å². The Morgan fingerprint density at radius 3 is 2.35 bits per heavy atom. The zero-order chi connectivity index (χ0) is 26.0. The summed E-state index contributed by atoms with van der Waals surface area (Å²) in [5.74, 6) is -0.417. The van der Waals surface area contributed by atoms with Crippen molar-refractivity contribution in [1.29, 1.82) is 0 Å².